The highest BCUT2D eigenvalue weighted by molar-refractivity contribution is 7.99. The van der Waals surface area contributed by atoms with Gasteiger partial charge in [-0.3, -0.25) is 14.2 Å². The molecule has 2 aromatic heterocycles. The monoisotopic (exact) mass is 429 g/mol. The van der Waals surface area contributed by atoms with Crippen molar-refractivity contribution in [2.75, 3.05) is 19.4 Å². The SMILES string of the molecule is CN(Cc1ccsc1)C(=O)CSc1nc2ccccc2c(=O)n1CC1CCCO1. The molecule has 1 aliphatic rings. The quantitative estimate of drug-likeness (QED) is 0.426. The molecule has 1 aromatic carbocycles. The molecule has 0 spiro atoms. The van der Waals surface area contributed by atoms with Gasteiger partial charge in [-0.2, -0.15) is 11.3 Å². The van der Waals surface area contributed by atoms with Crippen LogP contribution >= 0.6 is 23.1 Å². The molecule has 3 aromatic rings. The van der Waals surface area contributed by atoms with Gasteiger partial charge in [0.15, 0.2) is 5.16 Å². The second-order valence-electron chi connectivity index (χ2n) is 7.13. The summed E-state index contributed by atoms with van der Waals surface area (Å²) in [7, 11) is 1.80. The largest absolute Gasteiger partial charge is 0.376 e. The summed E-state index contributed by atoms with van der Waals surface area (Å²) in [5.41, 5.74) is 1.70. The zero-order valence-corrected chi connectivity index (χ0v) is 17.9. The zero-order valence-electron chi connectivity index (χ0n) is 16.2. The second kappa shape index (κ2) is 9.11. The van der Waals surface area contributed by atoms with E-state index in [1.54, 1.807) is 33.9 Å². The van der Waals surface area contributed by atoms with Crippen LogP contribution in [0.3, 0.4) is 0 Å². The van der Waals surface area contributed by atoms with Crippen LogP contribution in [0.2, 0.25) is 0 Å². The fraction of sp³-hybridized carbons (Fsp3) is 0.381. The third-order valence-electron chi connectivity index (χ3n) is 4.99. The first-order valence-electron chi connectivity index (χ1n) is 9.61. The molecule has 1 saturated heterocycles. The summed E-state index contributed by atoms with van der Waals surface area (Å²) in [6.45, 7) is 1.78. The average molecular weight is 430 g/mol. The molecule has 0 aliphatic carbocycles. The Morgan fingerprint density at radius 1 is 1.38 bits per heavy atom. The Labute approximate surface area is 177 Å². The topological polar surface area (TPSA) is 64.4 Å². The molecule has 0 radical (unpaired) electrons. The van der Waals surface area contributed by atoms with Gasteiger partial charge in [-0.25, -0.2) is 4.98 Å². The standard InChI is InChI=1S/C21H23N3O3S2/c1-23(11-15-8-10-28-13-15)19(25)14-29-21-22-18-7-3-2-6-17(18)20(26)24(21)12-16-5-4-9-27-16/h2-3,6-8,10,13,16H,4-5,9,11-12,14H2,1H3. The van der Waals surface area contributed by atoms with Crippen LogP contribution in [0.25, 0.3) is 10.9 Å². The molecule has 1 amide bonds. The third-order valence-corrected chi connectivity index (χ3v) is 6.68. The Morgan fingerprint density at radius 3 is 3.00 bits per heavy atom. The summed E-state index contributed by atoms with van der Waals surface area (Å²) in [6.07, 6.45) is 1.97. The first kappa shape index (κ1) is 20.1. The number of benzene rings is 1. The number of hydrogen-bond donors (Lipinski definition) is 0. The van der Waals surface area contributed by atoms with Crippen LogP contribution in [0, 0.1) is 0 Å². The Morgan fingerprint density at radius 2 is 2.24 bits per heavy atom. The summed E-state index contributed by atoms with van der Waals surface area (Å²) in [4.78, 5) is 32.1. The number of carbonyl (C=O) groups is 1. The van der Waals surface area contributed by atoms with Gasteiger partial charge in [0.05, 0.1) is 29.3 Å². The molecule has 29 heavy (non-hydrogen) atoms. The number of amides is 1. The number of aromatic nitrogens is 2. The summed E-state index contributed by atoms with van der Waals surface area (Å²) < 4.78 is 7.41. The van der Waals surface area contributed by atoms with Crippen LogP contribution < -0.4 is 5.56 Å². The third kappa shape index (κ3) is 4.71. The number of carbonyl (C=O) groups excluding carboxylic acids is 1. The lowest BCUT2D eigenvalue weighted by molar-refractivity contribution is -0.127. The number of rotatable bonds is 7. The van der Waals surface area contributed by atoms with Gasteiger partial charge in [-0.15, -0.1) is 0 Å². The van der Waals surface area contributed by atoms with Crippen molar-refractivity contribution in [2.24, 2.45) is 0 Å². The summed E-state index contributed by atoms with van der Waals surface area (Å²) in [6, 6.07) is 9.36. The minimum Gasteiger partial charge on any atom is -0.376 e. The van der Waals surface area contributed by atoms with Gasteiger partial charge >= 0.3 is 0 Å². The lowest BCUT2D eigenvalue weighted by Crippen LogP contribution is -2.30. The van der Waals surface area contributed by atoms with E-state index in [1.807, 2.05) is 35.0 Å². The average Bonchev–Trinajstić information content (AvgIpc) is 3.43. The van der Waals surface area contributed by atoms with Crippen molar-refractivity contribution in [3.63, 3.8) is 0 Å². The number of nitrogens with zero attached hydrogens (tertiary/aromatic N) is 3. The number of ether oxygens (including phenoxy) is 1. The molecule has 4 rings (SSSR count). The first-order valence-corrected chi connectivity index (χ1v) is 11.5. The fourth-order valence-corrected chi connectivity index (χ4v) is 5.00. The molecular formula is C21H23N3O3S2. The van der Waals surface area contributed by atoms with Crippen molar-refractivity contribution in [1.29, 1.82) is 0 Å². The van der Waals surface area contributed by atoms with E-state index in [0.717, 1.165) is 25.0 Å². The maximum Gasteiger partial charge on any atom is 0.262 e. The van der Waals surface area contributed by atoms with Crippen molar-refractivity contribution in [1.82, 2.24) is 14.5 Å². The van der Waals surface area contributed by atoms with Crippen LogP contribution in [0.5, 0.6) is 0 Å². The van der Waals surface area contributed by atoms with E-state index in [1.165, 1.54) is 11.8 Å². The minimum atomic E-state index is -0.0762. The maximum absolute atomic E-state index is 13.1. The predicted octanol–water partition coefficient (Wildman–Crippen LogP) is 3.39. The Bertz CT molecular complexity index is 1040. The van der Waals surface area contributed by atoms with E-state index in [0.29, 0.717) is 29.1 Å². The highest BCUT2D eigenvalue weighted by Gasteiger charge is 2.21. The van der Waals surface area contributed by atoms with E-state index in [-0.39, 0.29) is 23.3 Å². The van der Waals surface area contributed by atoms with Crippen LogP contribution in [0.4, 0.5) is 0 Å². The lowest BCUT2D eigenvalue weighted by Gasteiger charge is -2.18. The molecule has 8 heteroatoms. The van der Waals surface area contributed by atoms with Crippen molar-refractivity contribution in [2.45, 2.75) is 37.2 Å². The first-order chi connectivity index (χ1) is 14.1. The van der Waals surface area contributed by atoms with Crippen LogP contribution in [-0.4, -0.2) is 45.9 Å². The van der Waals surface area contributed by atoms with Gasteiger partial charge in [0.1, 0.15) is 0 Å². The highest BCUT2D eigenvalue weighted by atomic mass is 32.2. The number of thioether (sulfide) groups is 1. The summed E-state index contributed by atoms with van der Waals surface area (Å²) in [5, 5.41) is 5.21. The van der Waals surface area contributed by atoms with E-state index >= 15 is 0 Å². The molecule has 152 valence electrons. The zero-order chi connectivity index (χ0) is 20.2. The van der Waals surface area contributed by atoms with Crippen LogP contribution in [-0.2, 0) is 22.6 Å². The smallest absolute Gasteiger partial charge is 0.262 e. The minimum absolute atomic E-state index is 0.00674. The van der Waals surface area contributed by atoms with E-state index in [2.05, 4.69) is 4.98 Å². The van der Waals surface area contributed by atoms with Gasteiger partial charge in [0.2, 0.25) is 5.91 Å². The molecule has 3 heterocycles. The van der Waals surface area contributed by atoms with E-state index < -0.39 is 0 Å². The highest BCUT2D eigenvalue weighted by Crippen LogP contribution is 2.21. The lowest BCUT2D eigenvalue weighted by atomic mass is 10.2. The van der Waals surface area contributed by atoms with Crippen molar-refractivity contribution >= 4 is 39.9 Å². The van der Waals surface area contributed by atoms with Crippen molar-refractivity contribution in [3.05, 3.63) is 57.0 Å². The van der Waals surface area contributed by atoms with E-state index in [9.17, 15) is 9.59 Å². The van der Waals surface area contributed by atoms with E-state index in [4.69, 9.17) is 4.74 Å². The molecule has 1 aliphatic heterocycles. The number of para-hydroxylation sites is 1. The molecule has 1 fully saturated rings. The van der Waals surface area contributed by atoms with Crippen molar-refractivity contribution in [3.8, 4) is 0 Å². The molecule has 1 atom stereocenters. The Hall–Kier alpha value is -2.16. The number of fused-ring (bicyclic) bond motifs is 1. The molecule has 0 bridgehead atoms. The van der Waals surface area contributed by atoms with Gasteiger partial charge in [0, 0.05) is 20.2 Å². The summed E-state index contributed by atoms with van der Waals surface area (Å²) in [5.74, 6) is 0.240. The number of thiophene rings is 1. The normalized spacial score (nSPS) is 16.4. The van der Waals surface area contributed by atoms with Gasteiger partial charge < -0.3 is 9.64 Å². The Balaban J connectivity index is 1.54. The Kier molecular flexibility index (Phi) is 6.32. The maximum atomic E-state index is 13.1. The molecule has 0 N–H and O–H groups in total. The number of hydrogen-bond acceptors (Lipinski definition) is 6. The predicted molar refractivity (Wildman–Crippen MR) is 116 cm³/mol. The fourth-order valence-electron chi connectivity index (χ4n) is 3.39. The van der Waals surface area contributed by atoms with Gasteiger partial charge in [-0.05, 0) is 47.4 Å². The molecule has 1 unspecified atom stereocenters. The van der Waals surface area contributed by atoms with Crippen LogP contribution in [0.15, 0.2) is 51.0 Å². The van der Waals surface area contributed by atoms with Gasteiger partial charge in [-0.1, -0.05) is 23.9 Å². The second-order valence-corrected chi connectivity index (χ2v) is 8.85. The summed E-state index contributed by atoms with van der Waals surface area (Å²) >= 11 is 2.94. The molecular weight excluding hydrogens is 406 g/mol. The van der Waals surface area contributed by atoms with Gasteiger partial charge in [0.25, 0.3) is 5.56 Å². The van der Waals surface area contributed by atoms with Crippen LogP contribution in [0.1, 0.15) is 18.4 Å². The molecule has 0 saturated carbocycles. The molecule has 6 nitrogen and oxygen atoms in total. The van der Waals surface area contributed by atoms with Crippen molar-refractivity contribution < 1.29 is 9.53 Å².